The molecule has 0 unspecified atom stereocenters. The first-order valence-corrected chi connectivity index (χ1v) is 9.94. The largest absolute Gasteiger partial charge is 0.492 e. The van der Waals surface area contributed by atoms with Crippen molar-refractivity contribution in [3.05, 3.63) is 51.2 Å². The molecule has 0 aliphatic heterocycles. The van der Waals surface area contributed by atoms with Crippen molar-refractivity contribution in [1.82, 2.24) is 4.57 Å². The highest BCUT2D eigenvalue weighted by atomic mass is 35.5. The summed E-state index contributed by atoms with van der Waals surface area (Å²) in [5.41, 5.74) is 0.820. The highest BCUT2D eigenvalue weighted by Crippen LogP contribution is 2.28. The van der Waals surface area contributed by atoms with Gasteiger partial charge in [0.15, 0.2) is 11.4 Å². The third kappa shape index (κ3) is 4.50. The Morgan fingerprint density at radius 3 is 2.79 bits per heavy atom. The molecule has 3 rings (SSSR count). The van der Waals surface area contributed by atoms with Crippen molar-refractivity contribution in [2.24, 2.45) is 4.99 Å². The standard InChI is InChI=1S/C20H16Cl2N2O3S/c1-3-10-24-19-16(26-4-2)6-5-7-17(19)28-20(24)23-18(25)12-27-15-9-8-13(21)11-14(15)22/h1,5-9,11H,4,10,12H2,2H3. The average molecular weight is 435 g/mol. The number of fused-ring (bicyclic) bond motifs is 1. The Hall–Kier alpha value is -2.46. The van der Waals surface area contributed by atoms with Gasteiger partial charge in [-0.05, 0) is 37.3 Å². The topological polar surface area (TPSA) is 52.8 Å². The number of terminal acetylenes is 1. The molecule has 1 aromatic heterocycles. The first kappa shape index (κ1) is 20.3. The first-order chi connectivity index (χ1) is 13.5. The van der Waals surface area contributed by atoms with Gasteiger partial charge in [-0.25, -0.2) is 0 Å². The molecule has 8 heteroatoms. The van der Waals surface area contributed by atoms with Crippen LogP contribution in [-0.2, 0) is 11.3 Å². The predicted molar refractivity (Wildman–Crippen MR) is 112 cm³/mol. The van der Waals surface area contributed by atoms with E-state index < -0.39 is 5.91 Å². The molecule has 0 N–H and O–H groups in total. The molecule has 1 heterocycles. The highest BCUT2D eigenvalue weighted by molar-refractivity contribution is 7.16. The van der Waals surface area contributed by atoms with Gasteiger partial charge in [0.2, 0.25) is 0 Å². The van der Waals surface area contributed by atoms with Gasteiger partial charge in [0, 0.05) is 5.02 Å². The first-order valence-electron chi connectivity index (χ1n) is 8.37. The number of nitrogens with zero attached hydrogens (tertiary/aromatic N) is 2. The maximum Gasteiger partial charge on any atom is 0.286 e. The Bertz CT molecular complexity index is 1130. The summed E-state index contributed by atoms with van der Waals surface area (Å²) in [6.07, 6.45) is 5.51. The lowest BCUT2D eigenvalue weighted by Crippen LogP contribution is -2.19. The second-order valence-corrected chi connectivity index (χ2v) is 7.43. The van der Waals surface area contributed by atoms with E-state index in [9.17, 15) is 4.79 Å². The van der Waals surface area contributed by atoms with Crippen molar-refractivity contribution < 1.29 is 14.3 Å². The number of amides is 1. The summed E-state index contributed by atoms with van der Waals surface area (Å²) in [6.45, 7) is 2.43. The number of benzene rings is 2. The molecule has 28 heavy (non-hydrogen) atoms. The summed E-state index contributed by atoms with van der Waals surface area (Å²) in [5, 5.41) is 0.810. The average Bonchev–Trinajstić information content (AvgIpc) is 3.00. The quantitative estimate of drug-likeness (QED) is 0.534. The van der Waals surface area contributed by atoms with E-state index in [2.05, 4.69) is 10.9 Å². The summed E-state index contributed by atoms with van der Waals surface area (Å²) in [5.74, 6) is 3.20. The third-order valence-electron chi connectivity index (χ3n) is 3.68. The minimum absolute atomic E-state index is 0.260. The maximum absolute atomic E-state index is 12.4. The number of ether oxygens (including phenoxy) is 2. The molecule has 0 aliphatic rings. The molecule has 0 saturated carbocycles. The van der Waals surface area contributed by atoms with Gasteiger partial charge < -0.3 is 14.0 Å². The summed E-state index contributed by atoms with van der Waals surface area (Å²) in [7, 11) is 0. The Morgan fingerprint density at radius 2 is 2.07 bits per heavy atom. The van der Waals surface area contributed by atoms with Gasteiger partial charge in [-0.3, -0.25) is 4.79 Å². The molecule has 5 nitrogen and oxygen atoms in total. The lowest BCUT2D eigenvalue weighted by atomic mass is 10.3. The number of hydrogen-bond acceptors (Lipinski definition) is 4. The van der Waals surface area contributed by atoms with E-state index in [1.807, 2.05) is 25.1 Å². The van der Waals surface area contributed by atoms with Crippen LogP contribution in [0.1, 0.15) is 6.92 Å². The molecule has 0 aliphatic carbocycles. The molecule has 0 spiro atoms. The zero-order valence-electron chi connectivity index (χ0n) is 14.9. The molecule has 3 aromatic rings. The van der Waals surface area contributed by atoms with Crippen molar-refractivity contribution in [1.29, 1.82) is 0 Å². The zero-order valence-corrected chi connectivity index (χ0v) is 17.3. The Kier molecular flexibility index (Phi) is 6.63. The van der Waals surface area contributed by atoms with Crippen LogP contribution >= 0.6 is 34.5 Å². The molecular formula is C20H16Cl2N2O3S. The van der Waals surface area contributed by atoms with E-state index in [1.165, 1.54) is 11.3 Å². The monoisotopic (exact) mass is 434 g/mol. The van der Waals surface area contributed by atoms with Crippen LogP contribution in [0.15, 0.2) is 41.4 Å². The van der Waals surface area contributed by atoms with Gasteiger partial charge in [-0.1, -0.05) is 46.5 Å². The van der Waals surface area contributed by atoms with Crippen molar-refractivity contribution in [3.8, 4) is 23.8 Å². The minimum atomic E-state index is -0.457. The SMILES string of the molecule is C#CCn1c(=NC(=O)COc2ccc(Cl)cc2Cl)sc2cccc(OCC)c21. The summed E-state index contributed by atoms with van der Waals surface area (Å²) >= 11 is 13.3. The van der Waals surface area contributed by atoms with Gasteiger partial charge >= 0.3 is 0 Å². The van der Waals surface area contributed by atoms with E-state index in [0.29, 0.717) is 33.0 Å². The fourth-order valence-corrected chi connectivity index (χ4v) is 4.09. The van der Waals surface area contributed by atoms with Gasteiger partial charge in [-0.15, -0.1) is 6.42 Å². The van der Waals surface area contributed by atoms with Crippen molar-refractivity contribution in [3.63, 3.8) is 0 Å². The van der Waals surface area contributed by atoms with E-state index in [1.54, 1.807) is 22.8 Å². The Balaban J connectivity index is 1.92. The van der Waals surface area contributed by atoms with Gasteiger partial charge in [0.1, 0.15) is 17.0 Å². The molecule has 0 fully saturated rings. The minimum Gasteiger partial charge on any atom is -0.492 e. The van der Waals surface area contributed by atoms with Crippen molar-refractivity contribution in [2.75, 3.05) is 13.2 Å². The number of hydrogen-bond donors (Lipinski definition) is 0. The zero-order chi connectivity index (χ0) is 20.1. The normalized spacial score (nSPS) is 11.4. The number of carbonyl (C=O) groups is 1. The van der Waals surface area contributed by atoms with E-state index in [0.717, 1.165) is 10.2 Å². The lowest BCUT2D eigenvalue weighted by Gasteiger charge is -2.07. The van der Waals surface area contributed by atoms with Crippen molar-refractivity contribution in [2.45, 2.75) is 13.5 Å². The summed E-state index contributed by atoms with van der Waals surface area (Å²) in [6, 6.07) is 10.5. The van der Waals surface area contributed by atoms with Gasteiger partial charge in [0.25, 0.3) is 5.91 Å². The molecule has 0 radical (unpaired) electrons. The predicted octanol–water partition coefficient (Wildman–Crippen LogP) is 4.55. The van der Waals surface area contributed by atoms with Crippen LogP contribution in [0.2, 0.25) is 10.0 Å². The molecule has 1 amide bonds. The fourth-order valence-electron chi connectivity index (χ4n) is 2.56. The lowest BCUT2D eigenvalue weighted by molar-refractivity contribution is -0.120. The van der Waals surface area contributed by atoms with Crippen LogP contribution in [0.3, 0.4) is 0 Å². The van der Waals surface area contributed by atoms with Crippen LogP contribution < -0.4 is 14.3 Å². The third-order valence-corrected chi connectivity index (χ3v) is 5.25. The van der Waals surface area contributed by atoms with Gasteiger partial charge in [0.05, 0.1) is 22.9 Å². The van der Waals surface area contributed by atoms with Crippen LogP contribution in [0, 0.1) is 12.3 Å². The molecule has 0 saturated heterocycles. The number of rotatable bonds is 6. The maximum atomic E-state index is 12.4. The highest BCUT2D eigenvalue weighted by Gasteiger charge is 2.13. The smallest absolute Gasteiger partial charge is 0.286 e. The fraction of sp³-hybridized carbons (Fsp3) is 0.200. The van der Waals surface area contributed by atoms with Gasteiger partial charge in [-0.2, -0.15) is 4.99 Å². The number of carbonyl (C=O) groups excluding carboxylic acids is 1. The van der Waals surface area contributed by atoms with Crippen LogP contribution in [0.4, 0.5) is 0 Å². The van der Waals surface area contributed by atoms with E-state index in [-0.39, 0.29) is 13.2 Å². The molecule has 0 atom stereocenters. The molecule has 2 aromatic carbocycles. The van der Waals surface area contributed by atoms with Crippen LogP contribution in [-0.4, -0.2) is 23.7 Å². The van der Waals surface area contributed by atoms with E-state index in [4.69, 9.17) is 39.1 Å². The molecule has 0 bridgehead atoms. The Morgan fingerprint density at radius 1 is 1.25 bits per heavy atom. The summed E-state index contributed by atoms with van der Waals surface area (Å²) in [4.78, 5) is 17.0. The van der Waals surface area contributed by atoms with Crippen LogP contribution in [0.25, 0.3) is 10.2 Å². The number of thiazole rings is 1. The molecule has 144 valence electrons. The molecular weight excluding hydrogens is 419 g/mol. The number of para-hydroxylation sites is 1. The number of halogens is 2. The van der Waals surface area contributed by atoms with Crippen molar-refractivity contribution >= 4 is 50.7 Å². The number of aromatic nitrogens is 1. The Labute approximate surface area is 176 Å². The second-order valence-electron chi connectivity index (χ2n) is 5.58. The van der Waals surface area contributed by atoms with Crippen LogP contribution in [0.5, 0.6) is 11.5 Å². The van der Waals surface area contributed by atoms with E-state index >= 15 is 0 Å². The summed E-state index contributed by atoms with van der Waals surface area (Å²) < 4.78 is 13.9. The second kappa shape index (κ2) is 9.16.